The van der Waals surface area contributed by atoms with Crippen molar-refractivity contribution in [2.45, 2.75) is 91.7 Å². The summed E-state index contributed by atoms with van der Waals surface area (Å²) in [6.45, 7) is 13.3. The van der Waals surface area contributed by atoms with Gasteiger partial charge in [0, 0.05) is 32.7 Å². The summed E-state index contributed by atoms with van der Waals surface area (Å²) in [6.07, 6.45) is 3.80. The molecule has 2 N–H and O–H groups in total. The Morgan fingerprint density at radius 2 is 1.36 bits per heavy atom. The van der Waals surface area contributed by atoms with Crippen molar-refractivity contribution in [1.82, 2.24) is 20.2 Å². The Hall–Kier alpha value is -4.87. The lowest BCUT2D eigenvalue weighted by atomic mass is 10.1. The highest BCUT2D eigenvalue weighted by Crippen LogP contribution is 2.33. The van der Waals surface area contributed by atoms with Crippen molar-refractivity contribution in [2.75, 3.05) is 44.1 Å². The molecule has 284 valence electrons. The number of methoxy groups -OCH3 is 2. The molecule has 0 unspecified atom stereocenters. The third kappa shape index (κ3) is 12.4. The Labute approximate surface area is 315 Å². The Balaban J connectivity index is 1.50. The number of unbranched alkanes of at least 4 members (excludes halogenated alkanes) is 1. The minimum Gasteiger partial charge on any atom is -0.497 e. The molecule has 1 fully saturated rings. The largest absolute Gasteiger partial charge is 0.497 e. The number of amides is 1. The van der Waals surface area contributed by atoms with Crippen molar-refractivity contribution in [3.8, 4) is 17.5 Å². The van der Waals surface area contributed by atoms with Gasteiger partial charge in [0.05, 0.1) is 26.5 Å². The molecular weight excluding hydrogens is 668 g/mol. The van der Waals surface area contributed by atoms with Gasteiger partial charge in [-0.15, -0.1) is 0 Å². The van der Waals surface area contributed by atoms with Gasteiger partial charge < -0.3 is 29.2 Å². The van der Waals surface area contributed by atoms with Crippen molar-refractivity contribution >= 4 is 17.6 Å². The number of ether oxygens (including phenoxy) is 4. The lowest BCUT2D eigenvalue weighted by Gasteiger charge is -2.28. The van der Waals surface area contributed by atoms with Crippen LogP contribution in [0.25, 0.3) is 0 Å². The number of anilines is 2. The topological polar surface area (TPSA) is 110 Å². The second-order valence-corrected chi connectivity index (χ2v) is 14.4. The van der Waals surface area contributed by atoms with Crippen molar-refractivity contribution in [3.05, 3.63) is 101 Å². The third-order valence-electron chi connectivity index (χ3n) is 8.91. The number of aromatic nitrogens is 2. The molecule has 11 nitrogen and oxygen atoms in total. The second kappa shape index (κ2) is 19.3. The van der Waals surface area contributed by atoms with Gasteiger partial charge in [0.25, 0.3) is 0 Å². The molecule has 1 saturated heterocycles. The standard InChI is InChI=1S/C42H56N6O5/c1-7-8-25-52-40-44-37(27-43-26-31-11-13-32(14-12-31)28-47-23-9-10-24-47)38(45-41(49)53-42(2,3)4)39(46-40)48(29-33-15-19-35(50-5)20-16-33)30-34-17-21-36(51-6)22-18-34/h11-22,43H,7-10,23-30H2,1-6H3,(H,45,49). The average Bonchev–Trinajstić information content (AvgIpc) is 3.66. The van der Waals surface area contributed by atoms with Crippen molar-refractivity contribution in [2.24, 2.45) is 0 Å². The first-order valence-corrected chi connectivity index (χ1v) is 18.7. The van der Waals surface area contributed by atoms with Crippen LogP contribution in [0, 0.1) is 0 Å². The van der Waals surface area contributed by atoms with Crippen LogP contribution < -0.4 is 29.7 Å². The molecule has 1 aliphatic heterocycles. The van der Waals surface area contributed by atoms with E-state index in [4.69, 9.17) is 28.9 Å². The van der Waals surface area contributed by atoms with Crippen LogP contribution in [0.2, 0.25) is 0 Å². The van der Waals surface area contributed by atoms with Crippen LogP contribution in [0.4, 0.5) is 16.3 Å². The van der Waals surface area contributed by atoms with Crippen LogP contribution in [-0.2, 0) is 37.5 Å². The smallest absolute Gasteiger partial charge is 0.412 e. The van der Waals surface area contributed by atoms with Gasteiger partial charge in [0.2, 0.25) is 0 Å². The molecule has 0 aliphatic carbocycles. The normalized spacial score (nSPS) is 13.1. The first-order chi connectivity index (χ1) is 25.6. The Morgan fingerprint density at radius 1 is 0.792 bits per heavy atom. The van der Waals surface area contributed by atoms with Crippen LogP contribution in [0.5, 0.6) is 17.5 Å². The van der Waals surface area contributed by atoms with E-state index in [0.717, 1.165) is 47.6 Å². The second-order valence-electron chi connectivity index (χ2n) is 14.4. The number of nitrogens with one attached hydrogen (secondary N) is 2. The average molecular weight is 725 g/mol. The van der Waals surface area contributed by atoms with Gasteiger partial charge in [0.1, 0.15) is 22.8 Å². The Morgan fingerprint density at radius 3 is 1.91 bits per heavy atom. The first-order valence-electron chi connectivity index (χ1n) is 18.7. The molecule has 4 aromatic rings. The summed E-state index contributed by atoms with van der Waals surface area (Å²) in [5, 5.41) is 6.60. The zero-order chi connectivity index (χ0) is 37.6. The highest BCUT2D eigenvalue weighted by molar-refractivity contribution is 5.90. The van der Waals surface area contributed by atoms with Crippen molar-refractivity contribution < 1.29 is 23.7 Å². The molecular formula is C42H56N6O5. The zero-order valence-electron chi connectivity index (χ0n) is 32.2. The van der Waals surface area contributed by atoms with Crippen LogP contribution in [0.3, 0.4) is 0 Å². The van der Waals surface area contributed by atoms with Gasteiger partial charge in [-0.25, -0.2) is 4.79 Å². The summed E-state index contributed by atoms with van der Waals surface area (Å²) in [4.78, 5) is 27.9. The Bertz CT molecular complexity index is 1670. The van der Waals surface area contributed by atoms with Gasteiger partial charge in [-0.05, 0) is 99.6 Å². The summed E-state index contributed by atoms with van der Waals surface area (Å²) in [6, 6.07) is 24.9. The number of hydrogen-bond donors (Lipinski definition) is 2. The van der Waals surface area contributed by atoms with E-state index in [-0.39, 0.29) is 6.01 Å². The monoisotopic (exact) mass is 724 g/mol. The van der Waals surface area contributed by atoms with E-state index in [1.807, 2.05) is 69.3 Å². The lowest BCUT2D eigenvalue weighted by Crippen LogP contribution is -2.31. The number of hydrogen-bond acceptors (Lipinski definition) is 10. The molecule has 0 radical (unpaired) electrons. The fourth-order valence-corrected chi connectivity index (χ4v) is 6.13. The maximum absolute atomic E-state index is 13.5. The van der Waals surface area contributed by atoms with Crippen molar-refractivity contribution in [3.63, 3.8) is 0 Å². The SMILES string of the molecule is CCCCOc1nc(CNCc2ccc(CN3CCCC3)cc2)c(NC(=O)OC(C)(C)C)c(N(Cc2ccc(OC)cc2)Cc2ccc(OC)cc2)n1. The number of rotatable bonds is 18. The van der Waals surface area contributed by atoms with E-state index in [1.165, 1.54) is 31.5 Å². The minimum atomic E-state index is -0.709. The van der Waals surface area contributed by atoms with Gasteiger partial charge in [-0.3, -0.25) is 10.2 Å². The van der Waals surface area contributed by atoms with E-state index in [1.54, 1.807) is 14.2 Å². The number of benzene rings is 3. The van der Waals surface area contributed by atoms with E-state index >= 15 is 0 Å². The fraction of sp³-hybridized carbons (Fsp3) is 0.452. The van der Waals surface area contributed by atoms with E-state index in [0.29, 0.717) is 50.0 Å². The molecule has 0 spiro atoms. The van der Waals surface area contributed by atoms with Crippen LogP contribution >= 0.6 is 0 Å². The summed E-state index contributed by atoms with van der Waals surface area (Å²) in [5.41, 5.74) is 4.88. The summed E-state index contributed by atoms with van der Waals surface area (Å²) >= 11 is 0. The van der Waals surface area contributed by atoms with Crippen LogP contribution in [0.15, 0.2) is 72.8 Å². The molecule has 0 bridgehead atoms. The molecule has 0 saturated carbocycles. The summed E-state index contributed by atoms with van der Waals surface area (Å²) in [5.74, 6) is 2.06. The highest BCUT2D eigenvalue weighted by Gasteiger charge is 2.25. The van der Waals surface area contributed by atoms with E-state index in [2.05, 4.69) is 51.6 Å². The summed E-state index contributed by atoms with van der Waals surface area (Å²) < 4.78 is 22.8. The molecule has 3 aromatic carbocycles. The molecule has 1 aromatic heterocycles. The van der Waals surface area contributed by atoms with E-state index < -0.39 is 11.7 Å². The first kappa shape index (κ1) is 39.3. The van der Waals surface area contributed by atoms with Crippen molar-refractivity contribution in [1.29, 1.82) is 0 Å². The van der Waals surface area contributed by atoms with Gasteiger partial charge >= 0.3 is 12.1 Å². The molecule has 53 heavy (non-hydrogen) atoms. The number of carbonyl (C=O) groups is 1. The van der Waals surface area contributed by atoms with Crippen LogP contribution in [0.1, 0.15) is 81.3 Å². The lowest BCUT2D eigenvalue weighted by molar-refractivity contribution is 0.0635. The minimum absolute atomic E-state index is 0.251. The van der Waals surface area contributed by atoms with Gasteiger partial charge in [-0.1, -0.05) is 61.9 Å². The maximum Gasteiger partial charge on any atom is 0.412 e. The van der Waals surface area contributed by atoms with Gasteiger partial charge in [-0.2, -0.15) is 9.97 Å². The van der Waals surface area contributed by atoms with Gasteiger partial charge in [0.15, 0.2) is 5.82 Å². The molecule has 11 heteroatoms. The van der Waals surface area contributed by atoms with E-state index in [9.17, 15) is 4.79 Å². The number of carbonyl (C=O) groups excluding carboxylic acids is 1. The number of nitrogens with zero attached hydrogens (tertiary/aromatic N) is 4. The third-order valence-corrected chi connectivity index (χ3v) is 8.91. The summed E-state index contributed by atoms with van der Waals surface area (Å²) in [7, 11) is 3.31. The fourth-order valence-electron chi connectivity index (χ4n) is 6.13. The maximum atomic E-state index is 13.5. The quantitative estimate of drug-likeness (QED) is 0.0977. The predicted octanol–water partition coefficient (Wildman–Crippen LogP) is 8.11. The highest BCUT2D eigenvalue weighted by atomic mass is 16.6. The molecule has 0 atom stereocenters. The van der Waals surface area contributed by atoms with Crippen LogP contribution in [-0.4, -0.2) is 60.5 Å². The predicted molar refractivity (Wildman–Crippen MR) is 210 cm³/mol. The number of likely N-dealkylation sites (tertiary alicyclic amines) is 1. The molecule has 2 heterocycles. The zero-order valence-corrected chi connectivity index (χ0v) is 32.2. The molecule has 1 aliphatic rings. The molecule has 1 amide bonds. The molecule has 5 rings (SSSR count). The Kier molecular flexibility index (Phi) is 14.3.